The third kappa shape index (κ3) is 2.41. The fraction of sp³-hybridized carbons (Fsp3) is 0. The number of benzene rings is 1. The highest BCUT2D eigenvalue weighted by Gasteiger charge is 2.16. The summed E-state index contributed by atoms with van der Waals surface area (Å²) in [5.74, 6) is -3.11. The van der Waals surface area contributed by atoms with Crippen LogP contribution in [0.15, 0.2) is 24.3 Å². The molecule has 0 aliphatic rings. The number of halogens is 2. The van der Waals surface area contributed by atoms with Gasteiger partial charge in [0.15, 0.2) is 0 Å². The molecule has 1 rings (SSSR count). The summed E-state index contributed by atoms with van der Waals surface area (Å²) in [6, 6.07) is 5.62. The molecular formula is C6H5Cl2O2P. The van der Waals surface area contributed by atoms with Gasteiger partial charge in [0.1, 0.15) is 5.75 Å². The topological polar surface area (TPSA) is 37.3 Å². The van der Waals surface area contributed by atoms with E-state index in [4.69, 9.17) is 27.6 Å². The molecule has 0 atom stereocenters. The molecule has 0 saturated carbocycles. The van der Waals surface area contributed by atoms with Gasteiger partial charge in [-0.3, -0.25) is 4.57 Å². The summed E-state index contributed by atoms with van der Waals surface area (Å²) >= 11 is 10.7. The smallest absolute Gasteiger partial charge is 0.281 e. The van der Waals surface area contributed by atoms with E-state index in [0.717, 1.165) is 0 Å². The summed E-state index contributed by atoms with van der Waals surface area (Å²) < 4.78 is 11.0. The molecule has 0 saturated heterocycles. The van der Waals surface area contributed by atoms with Gasteiger partial charge in [-0.1, -0.05) is 0 Å². The quantitative estimate of drug-likeness (QED) is 0.725. The van der Waals surface area contributed by atoms with Crippen molar-refractivity contribution >= 4 is 33.6 Å². The van der Waals surface area contributed by atoms with Gasteiger partial charge in [0, 0.05) is 5.30 Å². The molecule has 2 nitrogen and oxygen atoms in total. The van der Waals surface area contributed by atoms with Crippen LogP contribution in [0.4, 0.5) is 0 Å². The first-order valence-corrected chi connectivity index (χ1v) is 6.31. The summed E-state index contributed by atoms with van der Waals surface area (Å²) in [5.41, 5.74) is 0. The molecule has 0 heterocycles. The van der Waals surface area contributed by atoms with E-state index in [1.807, 2.05) is 0 Å². The Labute approximate surface area is 73.7 Å². The van der Waals surface area contributed by atoms with Gasteiger partial charge in [-0.25, -0.2) is 0 Å². The van der Waals surface area contributed by atoms with E-state index < -0.39 is 5.85 Å². The van der Waals surface area contributed by atoms with Crippen molar-refractivity contribution in [1.29, 1.82) is 0 Å². The first-order valence-electron chi connectivity index (χ1n) is 2.79. The number of aromatic hydroxyl groups is 1. The van der Waals surface area contributed by atoms with Gasteiger partial charge in [-0.2, -0.15) is 0 Å². The molecular weight excluding hydrogens is 206 g/mol. The molecule has 11 heavy (non-hydrogen) atoms. The molecule has 1 aromatic carbocycles. The minimum Gasteiger partial charge on any atom is -0.508 e. The van der Waals surface area contributed by atoms with Crippen molar-refractivity contribution in [3.63, 3.8) is 0 Å². The predicted octanol–water partition coefficient (Wildman–Crippen LogP) is 2.69. The van der Waals surface area contributed by atoms with E-state index in [9.17, 15) is 4.57 Å². The molecule has 0 amide bonds. The van der Waals surface area contributed by atoms with Crippen LogP contribution in [0, 0.1) is 0 Å². The van der Waals surface area contributed by atoms with E-state index in [0.29, 0.717) is 5.30 Å². The lowest BCUT2D eigenvalue weighted by molar-refractivity contribution is 0.475. The average Bonchev–Trinajstić information content (AvgIpc) is 1.86. The molecule has 0 spiro atoms. The van der Waals surface area contributed by atoms with Crippen molar-refractivity contribution < 1.29 is 9.67 Å². The Morgan fingerprint density at radius 2 is 1.64 bits per heavy atom. The highest BCUT2D eigenvalue weighted by Crippen LogP contribution is 2.55. The molecule has 0 fully saturated rings. The average molecular weight is 211 g/mol. The minimum atomic E-state index is -3.20. The summed E-state index contributed by atoms with van der Waals surface area (Å²) in [4.78, 5) is 0. The second-order valence-electron chi connectivity index (χ2n) is 1.98. The monoisotopic (exact) mass is 210 g/mol. The maximum atomic E-state index is 11.0. The zero-order valence-corrected chi connectivity index (χ0v) is 7.77. The Bertz CT molecular complexity index is 290. The lowest BCUT2D eigenvalue weighted by Crippen LogP contribution is -1.94. The lowest BCUT2D eigenvalue weighted by atomic mass is 10.3. The molecule has 1 aromatic rings. The van der Waals surface area contributed by atoms with E-state index in [-0.39, 0.29) is 5.75 Å². The Morgan fingerprint density at radius 3 is 2.00 bits per heavy atom. The van der Waals surface area contributed by atoms with Crippen LogP contribution in [-0.4, -0.2) is 5.11 Å². The zero-order valence-electron chi connectivity index (χ0n) is 5.37. The molecule has 0 radical (unpaired) electrons. The summed E-state index contributed by atoms with van der Waals surface area (Å²) in [6.07, 6.45) is 0. The van der Waals surface area contributed by atoms with Crippen LogP contribution in [0.25, 0.3) is 0 Å². The van der Waals surface area contributed by atoms with Gasteiger partial charge in [0.05, 0.1) is 0 Å². The third-order valence-electron chi connectivity index (χ3n) is 1.15. The van der Waals surface area contributed by atoms with Gasteiger partial charge in [0.25, 0.3) is 5.85 Å². The summed E-state index contributed by atoms with van der Waals surface area (Å²) in [7, 11) is 0. The largest absolute Gasteiger partial charge is 0.508 e. The molecule has 0 aliphatic carbocycles. The van der Waals surface area contributed by atoms with Crippen LogP contribution < -0.4 is 5.30 Å². The fourth-order valence-electron chi connectivity index (χ4n) is 0.626. The first-order chi connectivity index (χ1) is 5.00. The molecule has 1 N–H and O–H groups in total. The number of rotatable bonds is 1. The molecule has 60 valence electrons. The highest BCUT2D eigenvalue weighted by molar-refractivity contribution is 8.13. The lowest BCUT2D eigenvalue weighted by Gasteiger charge is -2.00. The number of phenolic OH excluding ortho intramolecular Hbond substituents is 1. The SMILES string of the molecule is O=P(Cl)(Cl)c1ccc(O)cc1. The fourth-order valence-corrected chi connectivity index (χ4v) is 1.80. The number of phenols is 1. The van der Waals surface area contributed by atoms with E-state index in [1.54, 1.807) is 0 Å². The second kappa shape index (κ2) is 3.06. The van der Waals surface area contributed by atoms with Crippen molar-refractivity contribution in [2.45, 2.75) is 0 Å². The van der Waals surface area contributed by atoms with Crippen LogP contribution in [0.3, 0.4) is 0 Å². The molecule has 0 bridgehead atoms. The van der Waals surface area contributed by atoms with Gasteiger partial charge in [-0.15, -0.1) is 0 Å². The third-order valence-corrected chi connectivity index (χ3v) is 3.22. The van der Waals surface area contributed by atoms with Gasteiger partial charge in [0.2, 0.25) is 0 Å². The van der Waals surface area contributed by atoms with E-state index >= 15 is 0 Å². The molecule has 0 aromatic heterocycles. The predicted molar refractivity (Wildman–Crippen MR) is 47.1 cm³/mol. The van der Waals surface area contributed by atoms with Crippen molar-refractivity contribution in [3.8, 4) is 5.75 Å². The Morgan fingerprint density at radius 1 is 1.18 bits per heavy atom. The minimum absolute atomic E-state index is 0.0931. The van der Waals surface area contributed by atoms with Gasteiger partial charge >= 0.3 is 0 Å². The van der Waals surface area contributed by atoms with Crippen molar-refractivity contribution in [2.75, 3.05) is 0 Å². The van der Waals surface area contributed by atoms with E-state index in [2.05, 4.69) is 0 Å². The Balaban J connectivity index is 3.09. The van der Waals surface area contributed by atoms with Crippen LogP contribution in [0.1, 0.15) is 0 Å². The number of hydrogen-bond donors (Lipinski definition) is 1. The summed E-state index contributed by atoms with van der Waals surface area (Å²) in [6.45, 7) is 0. The standard InChI is InChI=1S/C6H5Cl2O2P/c7-11(8,10)6-3-1-5(9)2-4-6/h1-4,9H. The van der Waals surface area contributed by atoms with Crippen LogP contribution in [-0.2, 0) is 4.57 Å². The van der Waals surface area contributed by atoms with Gasteiger partial charge < -0.3 is 5.11 Å². The molecule has 0 aliphatic heterocycles. The zero-order chi connectivity index (χ0) is 8.48. The first kappa shape index (κ1) is 8.92. The number of hydrogen-bond acceptors (Lipinski definition) is 2. The van der Waals surface area contributed by atoms with Crippen LogP contribution in [0.2, 0.25) is 0 Å². The van der Waals surface area contributed by atoms with Crippen molar-refractivity contribution in [2.24, 2.45) is 0 Å². The van der Waals surface area contributed by atoms with Crippen LogP contribution in [0.5, 0.6) is 5.75 Å². The molecule has 5 heteroatoms. The highest BCUT2D eigenvalue weighted by atomic mass is 35.9. The Kier molecular flexibility index (Phi) is 2.48. The van der Waals surface area contributed by atoms with Crippen LogP contribution >= 0.6 is 28.3 Å². The maximum Gasteiger partial charge on any atom is 0.281 e. The Hall–Kier alpha value is -0.170. The van der Waals surface area contributed by atoms with E-state index in [1.165, 1.54) is 24.3 Å². The summed E-state index contributed by atoms with van der Waals surface area (Å²) in [5, 5.41) is 9.18. The normalized spacial score (nSPS) is 11.5. The van der Waals surface area contributed by atoms with Gasteiger partial charge in [-0.05, 0) is 46.7 Å². The molecule has 0 unspecified atom stereocenters. The second-order valence-corrected chi connectivity index (χ2v) is 6.80. The maximum absolute atomic E-state index is 11.0. The van der Waals surface area contributed by atoms with Crippen molar-refractivity contribution in [1.82, 2.24) is 0 Å². The van der Waals surface area contributed by atoms with Crippen molar-refractivity contribution in [3.05, 3.63) is 24.3 Å².